The van der Waals surface area contributed by atoms with Gasteiger partial charge < -0.3 is 0 Å². The standard InChI is InChI=1S/C16H14BrNO/c1-11-5-7-12(8-6-11)16(9-10-16)15(19)13-3-2-4-14(17)18-13/h2-8H,9-10H2,1H3. The summed E-state index contributed by atoms with van der Waals surface area (Å²) in [6.07, 6.45) is 1.84. The van der Waals surface area contributed by atoms with Crippen molar-refractivity contribution in [2.75, 3.05) is 0 Å². The third-order valence-corrected chi connectivity index (χ3v) is 4.18. The lowest BCUT2D eigenvalue weighted by molar-refractivity contribution is 0.0941. The lowest BCUT2D eigenvalue weighted by Crippen LogP contribution is -2.21. The van der Waals surface area contributed by atoms with Gasteiger partial charge >= 0.3 is 0 Å². The number of aryl methyl sites for hydroxylation is 1. The van der Waals surface area contributed by atoms with Crippen molar-refractivity contribution in [1.82, 2.24) is 4.98 Å². The molecule has 1 aromatic heterocycles. The normalized spacial score (nSPS) is 16.1. The zero-order valence-electron chi connectivity index (χ0n) is 10.7. The molecule has 1 saturated carbocycles. The van der Waals surface area contributed by atoms with Gasteiger partial charge in [0, 0.05) is 0 Å². The predicted molar refractivity (Wildman–Crippen MR) is 78.4 cm³/mol. The number of aromatic nitrogens is 1. The van der Waals surface area contributed by atoms with Crippen LogP contribution in [0.4, 0.5) is 0 Å². The Hall–Kier alpha value is -1.48. The summed E-state index contributed by atoms with van der Waals surface area (Å²) in [6, 6.07) is 13.8. The zero-order valence-corrected chi connectivity index (χ0v) is 12.3. The highest BCUT2D eigenvalue weighted by Gasteiger charge is 2.51. The van der Waals surface area contributed by atoms with Crippen LogP contribution in [0.25, 0.3) is 0 Å². The van der Waals surface area contributed by atoms with Crippen LogP contribution in [-0.2, 0) is 5.41 Å². The van der Waals surface area contributed by atoms with Gasteiger partial charge in [0.1, 0.15) is 10.3 Å². The molecule has 0 N–H and O–H groups in total. The first-order valence-corrected chi connectivity index (χ1v) is 7.16. The topological polar surface area (TPSA) is 30.0 Å². The number of ketones is 1. The maximum absolute atomic E-state index is 12.7. The molecule has 0 spiro atoms. The molecule has 0 radical (unpaired) electrons. The molecular formula is C16H14BrNO. The van der Waals surface area contributed by atoms with Crippen molar-refractivity contribution in [2.45, 2.75) is 25.2 Å². The predicted octanol–water partition coefficient (Wildman–Crippen LogP) is 4.07. The number of pyridine rings is 1. The second kappa shape index (κ2) is 4.57. The van der Waals surface area contributed by atoms with Crippen LogP contribution in [0.3, 0.4) is 0 Å². The van der Waals surface area contributed by atoms with E-state index in [0.29, 0.717) is 10.3 Å². The fourth-order valence-electron chi connectivity index (χ4n) is 2.42. The monoisotopic (exact) mass is 315 g/mol. The van der Waals surface area contributed by atoms with Gasteiger partial charge in [-0.2, -0.15) is 0 Å². The smallest absolute Gasteiger partial charge is 0.191 e. The average Bonchev–Trinajstić information content (AvgIpc) is 3.20. The van der Waals surface area contributed by atoms with Crippen molar-refractivity contribution in [3.63, 3.8) is 0 Å². The van der Waals surface area contributed by atoms with Crippen LogP contribution < -0.4 is 0 Å². The van der Waals surface area contributed by atoms with Crippen molar-refractivity contribution in [3.05, 3.63) is 63.9 Å². The van der Waals surface area contributed by atoms with E-state index in [4.69, 9.17) is 0 Å². The largest absolute Gasteiger partial charge is 0.291 e. The first-order valence-electron chi connectivity index (χ1n) is 6.36. The Morgan fingerprint density at radius 1 is 1.16 bits per heavy atom. The van der Waals surface area contributed by atoms with E-state index in [9.17, 15) is 4.79 Å². The molecule has 1 aromatic carbocycles. The molecular weight excluding hydrogens is 302 g/mol. The lowest BCUT2D eigenvalue weighted by Gasteiger charge is -2.14. The molecule has 1 aliphatic rings. The first kappa shape index (κ1) is 12.5. The Balaban J connectivity index is 1.97. The Bertz CT molecular complexity index is 629. The van der Waals surface area contributed by atoms with Gasteiger partial charge in [-0.3, -0.25) is 4.79 Å². The number of rotatable bonds is 3. The maximum Gasteiger partial charge on any atom is 0.191 e. The van der Waals surface area contributed by atoms with Gasteiger partial charge in [0.15, 0.2) is 5.78 Å². The number of hydrogen-bond donors (Lipinski definition) is 0. The van der Waals surface area contributed by atoms with Crippen molar-refractivity contribution in [3.8, 4) is 0 Å². The minimum absolute atomic E-state index is 0.137. The van der Waals surface area contributed by atoms with Crippen LogP contribution in [0.15, 0.2) is 47.1 Å². The highest BCUT2D eigenvalue weighted by atomic mass is 79.9. The summed E-state index contributed by atoms with van der Waals surface area (Å²) < 4.78 is 0.707. The van der Waals surface area contributed by atoms with E-state index in [0.717, 1.165) is 18.4 Å². The minimum atomic E-state index is -0.332. The summed E-state index contributed by atoms with van der Waals surface area (Å²) in [5, 5.41) is 0. The third kappa shape index (κ3) is 2.23. The highest BCUT2D eigenvalue weighted by molar-refractivity contribution is 9.10. The number of benzene rings is 1. The number of halogens is 1. The van der Waals surface area contributed by atoms with Crippen LogP contribution in [0.2, 0.25) is 0 Å². The van der Waals surface area contributed by atoms with Crippen molar-refractivity contribution in [2.24, 2.45) is 0 Å². The number of nitrogens with zero attached hydrogens (tertiary/aromatic N) is 1. The van der Waals surface area contributed by atoms with E-state index in [1.54, 1.807) is 6.07 Å². The van der Waals surface area contributed by atoms with E-state index in [2.05, 4.69) is 52.1 Å². The molecule has 0 unspecified atom stereocenters. The van der Waals surface area contributed by atoms with Gasteiger partial charge in [-0.1, -0.05) is 35.9 Å². The van der Waals surface area contributed by atoms with Crippen LogP contribution in [0, 0.1) is 6.92 Å². The van der Waals surface area contributed by atoms with Crippen LogP contribution >= 0.6 is 15.9 Å². The zero-order chi connectivity index (χ0) is 13.5. The van der Waals surface area contributed by atoms with Gasteiger partial charge in [-0.15, -0.1) is 0 Å². The van der Waals surface area contributed by atoms with Crippen molar-refractivity contribution < 1.29 is 4.79 Å². The average molecular weight is 316 g/mol. The Morgan fingerprint density at radius 2 is 1.84 bits per heavy atom. The van der Waals surface area contributed by atoms with Crippen LogP contribution in [-0.4, -0.2) is 10.8 Å². The maximum atomic E-state index is 12.7. The molecule has 1 aliphatic carbocycles. The third-order valence-electron chi connectivity index (χ3n) is 3.74. The quantitative estimate of drug-likeness (QED) is 0.631. The van der Waals surface area contributed by atoms with Crippen molar-refractivity contribution >= 4 is 21.7 Å². The Kier molecular flexibility index (Phi) is 3.02. The lowest BCUT2D eigenvalue weighted by atomic mass is 9.89. The number of carbonyl (C=O) groups is 1. The molecule has 0 bridgehead atoms. The molecule has 0 aliphatic heterocycles. The molecule has 3 rings (SSSR count). The van der Waals surface area contributed by atoms with Gasteiger partial charge in [-0.05, 0) is 53.4 Å². The summed E-state index contributed by atoms with van der Waals surface area (Å²) in [4.78, 5) is 17.0. The molecule has 96 valence electrons. The summed E-state index contributed by atoms with van der Waals surface area (Å²) in [5.41, 5.74) is 2.55. The first-order chi connectivity index (χ1) is 9.12. The molecule has 0 atom stereocenters. The molecule has 0 saturated heterocycles. The van der Waals surface area contributed by atoms with E-state index in [-0.39, 0.29) is 11.2 Å². The summed E-state index contributed by atoms with van der Waals surface area (Å²) in [7, 11) is 0. The van der Waals surface area contributed by atoms with Gasteiger partial charge in [0.05, 0.1) is 5.41 Å². The molecule has 1 fully saturated rings. The van der Waals surface area contributed by atoms with E-state index in [1.807, 2.05) is 12.1 Å². The second-order valence-corrected chi connectivity index (χ2v) is 5.94. The number of hydrogen-bond acceptors (Lipinski definition) is 2. The van der Waals surface area contributed by atoms with Crippen molar-refractivity contribution in [1.29, 1.82) is 0 Å². The molecule has 1 heterocycles. The molecule has 2 nitrogen and oxygen atoms in total. The van der Waals surface area contributed by atoms with Crippen LogP contribution in [0.1, 0.15) is 34.5 Å². The summed E-state index contributed by atoms with van der Waals surface area (Å²) >= 11 is 3.32. The number of carbonyl (C=O) groups excluding carboxylic acids is 1. The fraction of sp³-hybridized carbons (Fsp3) is 0.250. The fourth-order valence-corrected chi connectivity index (χ4v) is 2.77. The van der Waals surface area contributed by atoms with E-state index in [1.165, 1.54) is 5.56 Å². The molecule has 2 aromatic rings. The summed E-state index contributed by atoms with van der Waals surface area (Å²) in [6.45, 7) is 2.06. The molecule has 0 amide bonds. The SMILES string of the molecule is Cc1ccc(C2(C(=O)c3cccc(Br)n3)CC2)cc1. The minimum Gasteiger partial charge on any atom is -0.291 e. The Labute approximate surface area is 121 Å². The second-order valence-electron chi connectivity index (χ2n) is 5.12. The van der Waals surface area contributed by atoms with E-state index < -0.39 is 0 Å². The summed E-state index contributed by atoms with van der Waals surface area (Å²) in [5.74, 6) is 0.137. The van der Waals surface area contributed by atoms with Crippen LogP contribution in [0.5, 0.6) is 0 Å². The van der Waals surface area contributed by atoms with Gasteiger partial charge in [0.2, 0.25) is 0 Å². The molecule has 19 heavy (non-hydrogen) atoms. The van der Waals surface area contributed by atoms with Gasteiger partial charge in [0.25, 0.3) is 0 Å². The highest BCUT2D eigenvalue weighted by Crippen LogP contribution is 2.50. The number of Topliss-reactive ketones (excluding diaryl/α,β-unsaturated/α-hetero) is 1. The van der Waals surface area contributed by atoms with E-state index >= 15 is 0 Å². The van der Waals surface area contributed by atoms with Gasteiger partial charge in [-0.25, -0.2) is 4.98 Å². The Morgan fingerprint density at radius 3 is 2.42 bits per heavy atom. The molecule has 3 heteroatoms.